The molecule has 0 aromatic carbocycles. The van der Waals surface area contributed by atoms with E-state index in [9.17, 15) is 4.79 Å². The molecule has 0 saturated carbocycles. The molecular formula is C9H12N2O2. The number of nitrogens with zero attached hydrogens (tertiary/aromatic N) is 2. The summed E-state index contributed by atoms with van der Waals surface area (Å²) in [6.45, 7) is 6.00. The number of carboxylic acids is 1. The highest BCUT2D eigenvalue weighted by Crippen LogP contribution is 2.05. The van der Waals surface area contributed by atoms with Crippen molar-refractivity contribution in [1.82, 2.24) is 0 Å². The van der Waals surface area contributed by atoms with E-state index in [4.69, 9.17) is 15.6 Å². The van der Waals surface area contributed by atoms with E-state index in [1.54, 1.807) is 12.1 Å². The molecule has 0 aliphatic rings. The van der Waals surface area contributed by atoms with E-state index < -0.39 is 11.9 Å². The second-order valence-electron chi connectivity index (χ2n) is 2.10. The lowest BCUT2D eigenvalue weighted by molar-refractivity contribution is -0.137. The van der Waals surface area contributed by atoms with Gasteiger partial charge >= 0.3 is 5.97 Å². The van der Waals surface area contributed by atoms with Crippen LogP contribution in [0.1, 0.15) is 19.3 Å². The summed E-state index contributed by atoms with van der Waals surface area (Å²) < 4.78 is 0. The lowest BCUT2D eigenvalue weighted by atomic mass is 10.1. The molecule has 0 heterocycles. The van der Waals surface area contributed by atoms with Gasteiger partial charge in [0.1, 0.15) is 5.92 Å². The molecule has 0 fully saturated rings. The van der Waals surface area contributed by atoms with Gasteiger partial charge in [0.05, 0.1) is 12.1 Å². The number of rotatable bonds is 4. The summed E-state index contributed by atoms with van der Waals surface area (Å²) in [5.74, 6) is -1.55. The molecule has 70 valence electrons. The highest BCUT2D eigenvalue weighted by atomic mass is 16.4. The Morgan fingerprint density at radius 1 is 1.38 bits per heavy atom. The topological polar surface area (TPSA) is 84.9 Å². The van der Waals surface area contributed by atoms with Crippen LogP contribution in [0.15, 0.2) is 13.2 Å². The summed E-state index contributed by atoms with van der Waals surface area (Å²) in [6.07, 6.45) is 0.764. The smallest absolute Gasteiger partial charge is 0.303 e. The molecule has 4 nitrogen and oxygen atoms in total. The van der Waals surface area contributed by atoms with Crippen LogP contribution < -0.4 is 0 Å². The van der Waals surface area contributed by atoms with Crippen molar-refractivity contribution < 1.29 is 9.90 Å². The number of hydrogen-bond donors (Lipinski definition) is 1. The fourth-order valence-corrected chi connectivity index (χ4v) is 0.615. The van der Waals surface area contributed by atoms with E-state index in [0.29, 0.717) is 12.8 Å². The van der Waals surface area contributed by atoms with E-state index in [1.165, 1.54) is 0 Å². The number of carboxylic acid groups (broad SMARTS) is 1. The lowest BCUT2D eigenvalue weighted by Gasteiger charge is -1.95. The van der Waals surface area contributed by atoms with Gasteiger partial charge in [-0.2, -0.15) is 10.5 Å². The standard InChI is InChI=1S/C7H8N2O2.C2H4/c8-4-6(5-9)2-1-3-7(10)11;1-2/h6H,1-3H2,(H,10,11);1-2H2. The third-order valence-electron chi connectivity index (χ3n) is 1.20. The zero-order chi connectivity index (χ0) is 10.7. The molecule has 0 aromatic heterocycles. The monoisotopic (exact) mass is 180 g/mol. The predicted octanol–water partition coefficient (Wildman–Crippen LogP) is 1.71. The zero-order valence-corrected chi connectivity index (χ0v) is 7.36. The van der Waals surface area contributed by atoms with Crippen molar-refractivity contribution in [2.75, 3.05) is 0 Å². The van der Waals surface area contributed by atoms with Gasteiger partial charge in [0.25, 0.3) is 0 Å². The molecule has 0 aliphatic heterocycles. The van der Waals surface area contributed by atoms with Crippen molar-refractivity contribution in [1.29, 1.82) is 10.5 Å². The highest BCUT2D eigenvalue weighted by molar-refractivity contribution is 5.66. The number of aliphatic carboxylic acids is 1. The number of nitriles is 2. The Bertz CT molecular complexity index is 211. The van der Waals surface area contributed by atoms with Gasteiger partial charge < -0.3 is 5.11 Å². The van der Waals surface area contributed by atoms with E-state index in [1.807, 2.05) is 0 Å². The molecule has 0 unspecified atom stereocenters. The minimum Gasteiger partial charge on any atom is -0.481 e. The van der Waals surface area contributed by atoms with E-state index in [0.717, 1.165) is 0 Å². The zero-order valence-electron chi connectivity index (χ0n) is 7.36. The Balaban J connectivity index is 0. The van der Waals surface area contributed by atoms with Crippen LogP contribution in [0.5, 0.6) is 0 Å². The van der Waals surface area contributed by atoms with Crippen molar-refractivity contribution in [3.8, 4) is 12.1 Å². The Hall–Kier alpha value is -1.81. The van der Waals surface area contributed by atoms with Crippen LogP contribution in [-0.2, 0) is 4.79 Å². The maximum atomic E-state index is 9.99. The first-order chi connectivity index (χ1) is 6.20. The Kier molecular flexibility index (Phi) is 10.8. The van der Waals surface area contributed by atoms with Crippen LogP contribution in [0.2, 0.25) is 0 Å². The van der Waals surface area contributed by atoms with Gasteiger partial charge in [0, 0.05) is 6.42 Å². The first-order valence-electron chi connectivity index (χ1n) is 3.71. The SMILES string of the molecule is C=C.N#CC(C#N)CCCC(=O)O. The fourth-order valence-electron chi connectivity index (χ4n) is 0.615. The number of hydrogen-bond acceptors (Lipinski definition) is 3. The normalized spacial score (nSPS) is 7.62. The largest absolute Gasteiger partial charge is 0.481 e. The Morgan fingerprint density at radius 3 is 2.15 bits per heavy atom. The molecule has 0 amide bonds. The second kappa shape index (κ2) is 10.2. The van der Waals surface area contributed by atoms with Gasteiger partial charge in [-0.1, -0.05) is 0 Å². The average molecular weight is 180 g/mol. The molecule has 0 spiro atoms. The molecule has 1 N–H and O–H groups in total. The molecule has 13 heavy (non-hydrogen) atoms. The van der Waals surface area contributed by atoms with Gasteiger partial charge in [-0.25, -0.2) is 0 Å². The van der Waals surface area contributed by atoms with Crippen LogP contribution >= 0.6 is 0 Å². The third kappa shape index (κ3) is 10.2. The van der Waals surface area contributed by atoms with Crippen molar-refractivity contribution in [3.63, 3.8) is 0 Å². The second-order valence-corrected chi connectivity index (χ2v) is 2.10. The molecule has 0 radical (unpaired) electrons. The lowest BCUT2D eigenvalue weighted by Crippen LogP contribution is -1.97. The van der Waals surface area contributed by atoms with Crippen molar-refractivity contribution in [3.05, 3.63) is 13.2 Å². The summed E-state index contributed by atoms with van der Waals surface area (Å²) in [6, 6.07) is 3.54. The van der Waals surface area contributed by atoms with Crippen molar-refractivity contribution in [2.45, 2.75) is 19.3 Å². The Morgan fingerprint density at radius 2 is 1.85 bits per heavy atom. The molecule has 0 saturated heterocycles. The molecular weight excluding hydrogens is 168 g/mol. The van der Waals surface area contributed by atoms with Crippen LogP contribution in [-0.4, -0.2) is 11.1 Å². The van der Waals surface area contributed by atoms with Gasteiger partial charge in [-0.15, -0.1) is 13.2 Å². The van der Waals surface area contributed by atoms with Gasteiger partial charge in [-0.3, -0.25) is 4.79 Å². The highest BCUT2D eigenvalue weighted by Gasteiger charge is 2.05. The summed E-state index contributed by atoms with van der Waals surface area (Å²) in [7, 11) is 0. The van der Waals surface area contributed by atoms with E-state index in [2.05, 4.69) is 13.2 Å². The molecule has 0 bridgehead atoms. The first-order valence-corrected chi connectivity index (χ1v) is 3.71. The van der Waals surface area contributed by atoms with Crippen molar-refractivity contribution in [2.24, 2.45) is 5.92 Å². The van der Waals surface area contributed by atoms with Crippen LogP contribution in [0.3, 0.4) is 0 Å². The van der Waals surface area contributed by atoms with Crippen LogP contribution in [0.25, 0.3) is 0 Å². The average Bonchev–Trinajstić information content (AvgIpc) is 2.15. The van der Waals surface area contributed by atoms with Gasteiger partial charge in [-0.05, 0) is 12.8 Å². The van der Waals surface area contributed by atoms with Crippen LogP contribution in [0, 0.1) is 28.6 Å². The molecule has 0 aliphatic carbocycles. The summed E-state index contributed by atoms with van der Waals surface area (Å²) in [5.41, 5.74) is 0. The maximum Gasteiger partial charge on any atom is 0.303 e. The molecule has 4 heteroatoms. The molecule has 0 atom stereocenters. The third-order valence-corrected chi connectivity index (χ3v) is 1.20. The maximum absolute atomic E-state index is 9.99. The minimum absolute atomic E-state index is 0.0276. The molecule has 0 rings (SSSR count). The van der Waals surface area contributed by atoms with Crippen molar-refractivity contribution >= 4 is 5.97 Å². The fraction of sp³-hybridized carbons (Fsp3) is 0.444. The predicted molar refractivity (Wildman–Crippen MR) is 47.5 cm³/mol. The Labute approximate surface area is 77.7 Å². The van der Waals surface area contributed by atoms with E-state index >= 15 is 0 Å². The van der Waals surface area contributed by atoms with Gasteiger partial charge in [0.2, 0.25) is 0 Å². The summed E-state index contributed by atoms with van der Waals surface area (Å²) in [4.78, 5) is 9.99. The summed E-state index contributed by atoms with van der Waals surface area (Å²) in [5, 5.41) is 24.7. The van der Waals surface area contributed by atoms with Gasteiger partial charge in [0.15, 0.2) is 0 Å². The number of carbonyl (C=O) groups is 1. The first kappa shape index (κ1) is 13.8. The summed E-state index contributed by atoms with van der Waals surface area (Å²) >= 11 is 0. The van der Waals surface area contributed by atoms with E-state index in [-0.39, 0.29) is 6.42 Å². The quantitative estimate of drug-likeness (QED) is 0.667. The van der Waals surface area contributed by atoms with Crippen LogP contribution in [0.4, 0.5) is 0 Å². The molecule has 0 aromatic rings. The minimum atomic E-state index is -0.889.